The molecule has 6 heteroatoms. The fraction of sp³-hybridized carbons (Fsp3) is 0.438. The minimum Gasteiger partial charge on any atom is -0.469 e. The fourth-order valence-electron chi connectivity index (χ4n) is 2.49. The van der Waals surface area contributed by atoms with Crippen LogP contribution in [0.25, 0.3) is 0 Å². The second kappa shape index (κ2) is 6.87. The molecule has 0 radical (unpaired) electrons. The van der Waals surface area contributed by atoms with Crippen molar-refractivity contribution in [3.8, 4) is 0 Å². The quantitative estimate of drug-likeness (QED) is 0.615. The van der Waals surface area contributed by atoms with Gasteiger partial charge in [0, 0.05) is 6.54 Å². The summed E-state index contributed by atoms with van der Waals surface area (Å²) in [7, 11) is 1.32. The summed E-state index contributed by atoms with van der Waals surface area (Å²) in [5.41, 5.74) is 0.721. The van der Waals surface area contributed by atoms with E-state index >= 15 is 0 Å². The highest BCUT2D eigenvalue weighted by molar-refractivity contribution is 7.80. The van der Waals surface area contributed by atoms with Crippen LogP contribution in [0.15, 0.2) is 30.3 Å². The van der Waals surface area contributed by atoms with Crippen LogP contribution in [0.3, 0.4) is 0 Å². The number of rotatable bonds is 5. The molecule has 1 fully saturated rings. The van der Waals surface area contributed by atoms with Gasteiger partial charge >= 0.3 is 5.97 Å². The average molecular weight is 320 g/mol. The van der Waals surface area contributed by atoms with Crippen LogP contribution in [0.2, 0.25) is 0 Å². The lowest BCUT2D eigenvalue weighted by Gasteiger charge is -2.25. The Labute approximate surface area is 135 Å². The van der Waals surface area contributed by atoms with Crippen molar-refractivity contribution >= 4 is 34.9 Å². The van der Waals surface area contributed by atoms with Crippen LogP contribution in [0.1, 0.15) is 20.3 Å². The van der Waals surface area contributed by atoms with E-state index in [0.29, 0.717) is 17.6 Å². The molecule has 22 heavy (non-hydrogen) atoms. The monoisotopic (exact) mass is 320 g/mol. The van der Waals surface area contributed by atoms with Crippen LogP contribution < -0.4 is 4.90 Å². The molecule has 1 amide bonds. The lowest BCUT2D eigenvalue weighted by Crippen LogP contribution is -2.39. The first kappa shape index (κ1) is 16.4. The van der Waals surface area contributed by atoms with Crippen LogP contribution in [0, 0.1) is 5.92 Å². The molecule has 118 valence electrons. The van der Waals surface area contributed by atoms with Gasteiger partial charge in [-0.05, 0) is 30.3 Å². The molecule has 1 aromatic carbocycles. The van der Waals surface area contributed by atoms with Crippen molar-refractivity contribution in [2.24, 2.45) is 5.92 Å². The lowest BCUT2D eigenvalue weighted by atomic mass is 10.1. The molecule has 1 atom stereocenters. The first-order valence-corrected chi connectivity index (χ1v) is 7.63. The second-order valence-corrected chi connectivity index (χ2v) is 6.00. The number of thiocarbonyl (C=S) groups is 1. The summed E-state index contributed by atoms with van der Waals surface area (Å²) in [5, 5.41) is 0.443. The van der Waals surface area contributed by atoms with E-state index in [1.165, 1.54) is 12.0 Å². The maximum atomic E-state index is 12.7. The third-order valence-electron chi connectivity index (χ3n) is 3.48. The van der Waals surface area contributed by atoms with E-state index in [2.05, 4.69) is 0 Å². The largest absolute Gasteiger partial charge is 0.469 e. The first-order chi connectivity index (χ1) is 10.5. The summed E-state index contributed by atoms with van der Waals surface area (Å²) in [6, 6.07) is 8.65. The van der Waals surface area contributed by atoms with Crippen molar-refractivity contribution in [2.75, 3.05) is 18.6 Å². The summed E-state index contributed by atoms with van der Waals surface area (Å²) in [4.78, 5) is 27.7. The van der Waals surface area contributed by atoms with E-state index in [1.54, 1.807) is 0 Å². The van der Waals surface area contributed by atoms with E-state index in [0.717, 1.165) is 5.69 Å². The summed E-state index contributed by atoms with van der Waals surface area (Å²) in [5.74, 6) is -0.270. The van der Waals surface area contributed by atoms with Gasteiger partial charge in [0.25, 0.3) is 5.91 Å². The summed E-state index contributed by atoms with van der Waals surface area (Å²) in [6.07, 6.45) is 0.00548. The van der Waals surface area contributed by atoms with Gasteiger partial charge in [-0.1, -0.05) is 32.0 Å². The van der Waals surface area contributed by atoms with Crippen molar-refractivity contribution in [1.29, 1.82) is 0 Å². The van der Waals surface area contributed by atoms with E-state index < -0.39 is 12.0 Å². The molecule has 0 N–H and O–H groups in total. The smallest absolute Gasteiger partial charge is 0.308 e. The van der Waals surface area contributed by atoms with Crippen molar-refractivity contribution in [2.45, 2.75) is 26.3 Å². The highest BCUT2D eigenvalue weighted by atomic mass is 32.1. The highest BCUT2D eigenvalue weighted by Gasteiger charge is 2.44. The number of esters is 1. The molecular weight excluding hydrogens is 300 g/mol. The maximum Gasteiger partial charge on any atom is 0.308 e. The number of para-hydroxylation sites is 1. The molecule has 0 spiro atoms. The maximum absolute atomic E-state index is 12.7. The Kier molecular flexibility index (Phi) is 5.13. The first-order valence-electron chi connectivity index (χ1n) is 7.22. The number of amides is 1. The van der Waals surface area contributed by atoms with E-state index in [-0.39, 0.29) is 12.3 Å². The predicted octanol–water partition coefficient (Wildman–Crippen LogP) is 2.21. The highest BCUT2D eigenvalue weighted by Crippen LogP contribution is 2.27. The summed E-state index contributed by atoms with van der Waals surface area (Å²) in [6.45, 7) is 4.72. The number of benzene rings is 1. The molecule has 1 heterocycles. The molecule has 1 saturated heterocycles. The molecule has 1 aliphatic heterocycles. The minimum atomic E-state index is -0.595. The van der Waals surface area contributed by atoms with Crippen LogP contribution in [0.5, 0.6) is 0 Å². The number of hydrogen-bond acceptors (Lipinski definition) is 4. The number of nitrogens with zero attached hydrogens (tertiary/aromatic N) is 2. The molecule has 1 aliphatic rings. The number of methoxy groups -OCH3 is 1. The number of hydrogen-bond donors (Lipinski definition) is 0. The molecule has 0 bridgehead atoms. The molecular formula is C16H20N2O3S. The van der Waals surface area contributed by atoms with Gasteiger partial charge in [-0.15, -0.1) is 0 Å². The Morgan fingerprint density at radius 2 is 1.95 bits per heavy atom. The van der Waals surface area contributed by atoms with Crippen LogP contribution >= 0.6 is 12.2 Å². The molecule has 1 unspecified atom stereocenters. The van der Waals surface area contributed by atoms with Gasteiger partial charge in [0.2, 0.25) is 0 Å². The number of anilines is 1. The third-order valence-corrected chi connectivity index (χ3v) is 3.90. The van der Waals surface area contributed by atoms with E-state index in [4.69, 9.17) is 17.0 Å². The summed E-state index contributed by atoms with van der Waals surface area (Å²) < 4.78 is 4.71. The molecule has 2 rings (SSSR count). The van der Waals surface area contributed by atoms with Crippen molar-refractivity contribution in [3.05, 3.63) is 30.3 Å². The topological polar surface area (TPSA) is 49.9 Å². The predicted molar refractivity (Wildman–Crippen MR) is 88.5 cm³/mol. The number of carbonyl (C=O) groups excluding carboxylic acids is 2. The fourth-order valence-corrected chi connectivity index (χ4v) is 2.89. The Morgan fingerprint density at radius 3 is 2.50 bits per heavy atom. The van der Waals surface area contributed by atoms with Gasteiger partial charge in [0.05, 0.1) is 19.2 Å². The Morgan fingerprint density at radius 1 is 1.32 bits per heavy atom. The SMILES string of the molecule is COC(=O)CC1C(=O)N(c2ccccc2)C(=S)N1CC(C)C. The zero-order valence-corrected chi connectivity index (χ0v) is 13.8. The van der Waals surface area contributed by atoms with Crippen molar-refractivity contribution in [3.63, 3.8) is 0 Å². The van der Waals surface area contributed by atoms with Crippen molar-refractivity contribution in [1.82, 2.24) is 4.90 Å². The molecule has 0 aliphatic carbocycles. The third kappa shape index (κ3) is 3.27. The standard InChI is InChI=1S/C16H20N2O3S/c1-11(2)10-17-13(9-14(19)21-3)15(20)18(16(17)22)12-7-5-4-6-8-12/h4-8,11,13H,9-10H2,1-3H3. The van der Waals surface area contributed by atoms with E-state index in [9.17, 15) is 9.59 Å². The van der Waals surface area contributed by atoms with Gasteiger partial charge < -0.3 is 9.64 Å². The van der Waals surface area contributed by atoms with E-state index in [1.807, 2.05) is 49.1 Å². The summed E-state index contributed by atoms with van der Waals surface area (Å²) >= 11 is 5.48. The van der Waals surface area contributed by atoms with Crippen LogP contribution in [-0.2, 0) is 14.3 Å². The van der Waals surface area contributed by atoms with Gasteiger partial charge in [-0.25, -0.2) is 0 Å². The zero-order valence-electron chi connectivity index (χ0n) is 13.0. The van der Waals surface area contributed by atoms with Crippen molar-refractivity contribution < 1.29 is 14.3 Å². The minimum absolute atomic E-state index is 0.00548. The zero-order chi connectivity index (χ0) is 16.3. The van der Waals surface area contributed by atoms with Gasteiger partial charge in [0.1, 0.15) is 6.04 Å². The Balaban J connectivity index is 2.33. The lowest BCUT2D eigenvalue weighted by molar-refractivity contribution is -0.143. The average Bonchev–Trinajstić information content (AvgIpc) is 2.71. The molecule has 5 nitrogen and oxygen atoms in total. The number of ether oxygens (including phenoxy) is 1. The second-order valence-electron chi connectivity index (χ2n) is 5.63. The van der Waals surface area contributed by atoms with Gasteiger partial charge in [-0.3, -0.25) is 14.5 Å². The van der Waals surface area contributed by atoms with Gasteiger partial charge in [0.15, 0.2) is 5.11 Å². The van der Waals surface area contributed by atoms with Crippen LogP contribution in [-0.4, -0.2) is 41.6 Å². The molecule has 1 aromatic rings. The number of carbonyl (C=O) groups is 2. The molecule has 0 saturated carbocycles. The Bertz CT molecular complexity index is 574. The van der Waals surface area contributed by atoms with Crippen LogP contribution in [0.4, 0.5) is 5.69 Å². The normalized spacial score (nSPS) is 18.3. The Hall–Kier alpha value is -1.95. The molecule has 0 aromatic heterocycles. The van der Waals surface area contributed by atoms with Gasteiger partial charge in [-0.2, -0.15) is 0 Å².